The molecule has 3 heteroatoms. The van der Waals surface area contributed by atoms with Gasteiger partial charge in [-0.25, -0.2) is 0 Å². The van der Waals surface area contributed by atoms with Gasteiger partial charge in [-0.05, 0) is 20.0 Å². The summed E-state index contributed by atoms with van der Waals surface area (Å²) in [6.45, 7) is 8.54. The Morgan fingerprint density at radius 3 is 2.70 bits per heavy atom. The molecule has 0 radical (unpaired) electrons. The molecule has 0 saturated carbocycles. The lowest BCUT2D eigenvalue weighted by molar-refractivity contribution is 0.579. The highest BCUT2D eigenvalue weighted by molar-refractivity contribution is 5.80. The van der Waals surface area contributed by atoms with Crippen molar-refractivity contribution in [1.82, 2.24) is 10.3 Å². The quantitative estimate of drug-likeness (QED) is 0.361. The van der Waals surface area contributed by atoms with Gasteiger partial charge in [-0.1, -0.05) is 6.58 Å². The summed E-state index contributed by atoms with van der Waals surface area (Å²) in [4.78, 5) is 1.95. The molecule has 0 fully saturated rings. The van der Waals surface area contributed by atoms with Crippen LogP contribution in [0.5, 0.6) is 0 Å². The number of amidine groups is 1. The molecule has 0 amide bonds. The normalized spacial score (nSPS) is 10.9. The zero-order chi connectivity index (χ0) is 7.98. The average Bonchev–Trinajstić information content (AvgIpc) is 1.91. The molecule has 58 valence electrons. The molecule has 0 aromatic carbocycles. The molecule has 0 aliphatic heterocycles. The fourth-order valence-corrected chi connectivity index (χ4v) is 0.716. The summed E-state index contributed by atoms with van der Waals surface area (Å²) < 4.78 is 0. The molecule has 0 aromatic rings. The summed E-state index contributed by atoms with van der Waals surface area (Å²) in [6.07, 6.45) is 1.76. The molecular weight excluding hydrogens is 126 g/mol. The van der Waals surface area contributed by atoms with Crippen molar-refractivity contribution in [2.45, 2.75) is 13.8 Å². The van der Waals surface area contributed by atoms with Gasteiger partial charge >= 0.3 is 0 Å². The molecule has 0 unspecified atom stereocenters. The van der Waals surface area contributed by atoms with E-state index in [1.165, 1.54) is 0 Å². The number of hydrogen-bond donors (Lipinski definition) is 1. The van der Waals surface area contributed by atoms with Crippen LogP contribution in [0.2, 0.25) is 0 Å². The summed E-state index contributed by atoms with van der Waals surface area (Å²) in [6, 6.07) is 0. The number of nitrogens with zero attached hydrogens (tertiary/aromatic N) is 2. The number of hydrogen-bond acceptors (Lipinski definition) is 2. The van der Waals surface area contributed by atoms with Crippen molar-refractivity contribution in [2.24, 2.45) is 5.10 Å². The lowest BCUT2D eigenvalue weighted by atomic mass is 10.5. The molecule has 3 nitrogen and oxygen atoms in total. The second kappa shape index (κ2) is 4.85. The van der Waals surface area contributed by atoms with Crippen LogP contribution in [0.25, 0.3) is 0 Å². The molecule has 0 rings (SSSR count). The van der Waals surface area contributed by atoms with Crippen molar-refractivity contribution in [3.8, 4) is 0 Å². The highest BCUT2D eigenvalue weighted by atomic mass is 15.3. The Morgan fingerprint density at radius 1 is 1.80 bits per heavy atom. The molecule has 1 N–H and O–H groups in total. The predicted octanol–water partition coefficient (Wildman–Crippen LogP) is 1.00. The van der Waals surface area contributed by atoms with Gasteiger partial charge in [0, 0.05) is 13.6 Å². The van der Waals surface area contributed by atoms with Gasteiger partial charge in [0.2, 0.25) is 0 Å². The van der Waals surface area contributed by atoms with Crippen molar-refractivity contribution >= 4 is 5.84 Å². The van der Waals surface area contributed by atoms with Crippen molar-refractivity contribution in [1.29, 1.82) is 0 Å². The maximum absolute atomic E-state index is 3.99. The maximum atomic E-state index is 3.99. The third-order valence-corrected chi connectivity index (χ3v) is 1.25. The molecule has 0 heterocycles. The second-order valence-corrected chi connectivity index (χ2v) is 1.85. The summed E-state index contributed by atoms with van der Waals surface area (Å²) in [5, 5.41) is 3.99. The highest BCUT2D eigenvalue weighted by Gasteiger charge is 1.96. The summed E-state index contributed by atoms with van der Waals surface area (Å²) in [7, 11) is 1.78. The largest absolute Gasteiger partial charge is 0.336 e. The van der Waals surface area contributed by atoms with E-state index in [1.54, 1.807) is 13.2 Å². The monoisotopic (exact) mass is 141 g/mol. The maximum Gasteiger partial charge on any atom is 0.125 e. The summed E-state index contributed by atoms with van der Waals surface area (Å²) in [5.41, 5.74) is 2.72. The van der Waals surface area contributed by atoms with Crippen LogP contribution in [0.1, 0.15) is 13.8 Å². The minimum Gasteiger partial charge on any atom is -0.336 e. The lowest BCUT2D eigenvalue weighted by Crippen LogP contribution is -2.23. The lowest BCUT2D eigenvalue weighted by Gasteiger charge is -2.15. The van der Waals surface area contributed by atoms with Crippen LogP contribution in [0.3, 0.4) is 0 Å². The molecule has 0 saturated heterocycles. The van der Waals surface area contributed by atoms with E-state index in [9.17, 15) is 0 Å². The zero-order valence-electron chi connectivity index (χ0n) is 6.89. The van der Waals surface area contributed by atoms with Crippen molar-refractivity contribution in [3.05, 3.63) is 12.8 Å². The molecule has 10 heavy (non-hydrogen) atoms. The van der Waals surface area contributed by atoms with E-state index in [0.29, 0.717) is 0 Å². The summed E-state index contributed by atoms with van der Waals surface area (Å²) >= 11 is 0. The molecule has 0 atom stereocenters. The SMILES string of the molecule is C=CN(CC)/C(C)=N/NC. The van der Waals surface area contributed by atoms with Crippen LogP contribution in [-0.2, 0) is 0 Å². The van der Waals surface area contributed by atoms with Crippen LogP contribution in [0.4, 0.5) is 0 Å². The molecule has 0 aromatic heterocycles. The zero-order valence-corrected chi connectivity index (χ0v) is 6.89. The van der Waals surface area contributed by atoms with E-state index >= 15 is 0 Å². The molecule has 0 aliphatic rings. The average molecular weight is 141 g/mol. The van der Waals surface area contributed by atoms with Crippen LogP contribution < -0.4 is 5.43 Å². The van der Waals surface area contributed by atoms with Gasteiger partial charge < -0.3 is 10.3 Å². The van der Waals surface area contributed by atoms with Gasteiger partial charge in [0.1, 0.15) is 5.84 Å². The Balaban J connectivity index is 4.00. The van der Waals surface area contributed by atoms with E-state index in [-0.39, 0.29) is 0 Å². The van der Waals surface area contributed by atoms with E-state index in [2.05, 4.69) is 24.0 Å². The molecule has 0 bridgehead atoms. The van der Waals surface area contributed by atoms with Gasteiger partial charge in [0.05, 0.1) is 0 Å². The van der Waals surface area contributed by atoms with E-state index in [1.807, 2.05) is 11.8 Å². The minimum absolute atomic E-state index is 0.903. The molecular formula is C7H15N3. The van der Waals surface area contributed by atoms with Gasteiger partial charge in [-0.15, -0.1) is 0 Å². The second-order valence-electron chi connectivity index (χ2n) is 1.85. The fourth-order valence-electron chi connectivity index (χ4n) is 0.716. The van der Waals surface area contributed by atoms with E-state index < -0.39 is 0 Å². The van der Waals surface area contributed by atoms with E-state index in [0.717, 1.165) is 12.4 Å². The van der Waals surface area contributed by atoms with Gasteiger partial charge in [0.25, 0.3) is 0 Å². The topological polar surface area (TPSA) is 27.6 Å². The smallest absolute Gasteiger partial charge is 0.125 e. The first-order valence-corrected chi connectivity index (χ1v) is 3.36. The van der Waals surface area contributed by atoms with Gasteiger partial charge in [0.15, 0.2) is 0 Å². The van der Waals surface area contributed by atoms with Crippen LogP contribution >= 0.6 is 0 Å². The van der Waals surface area contributed by atoms with Crippen LogP contribution in [-0.4, -0.2) is 24.3 Å². The number of rotatable bonds is 3. The Hall–Kier alpha value is -0.990. The Morgan fingerprint density at radius 2 is 2.40 bits per heavy atom. The Bertz CT molecular complexity index is 129. The minimum atomic E-state index is 0.903. The van der Waals surface area contributed by atoms with Crippen LogP contribution in [0.15, 0.2) is 17.9 Å². The van der Waals surface area contributed by atoms with Gasteiger partial charge in [-0.2, -0.15) is 5.10 Å². The fraction of sp³-hybridized carbons (Fsp3) is 0.571. The first-order chi connectivity index (χ1) is 4.76. The first-order valence-electron chi connectivity index (χ1n) is 3.36. The first kappa shape index (κ1) is 9.01. The predicted molar refractivity (Wildman–Crippen MR) is 44.7 cm³/mol. The van der Waals surface area contributed by atoms with E-state index in [4.69, 9.17) is 0 Å². The highest BCUT2D eigenvalue weighted by Crippen LogP contribution is 1.89. The van der Waals surface area contributed by atoms with Crippen molar-refractivity contribution < 1.29 is 0 Å². The number of nitrogens with one attached hydrogen (secondary N) is 1. The van der Waals surface area contributed by atoms with Crippen molar-refractivity contribution in [3.63, 3.8) is 0 Å². The molecule has 0 aliphatic carbocycles. The third kappa shape index (κ3) is 2.53. The standard InChI is InChI=1S/C7H15N3/c1-5-10(6-2)7(3)9-8-4/h5,8H,1,6H2,2-4H3/b9-7+. The van der Waals surface area contributed by atoms with Crippen LogP contribution in [0, 0.1) is 0 Å². The Kier molecular flexibility index (Phi) is 4.37. The third-order valence-electron chi connectivity index (χ3n) is 1.25. The summed E-state index contributed by atoms with van der Waals surface area (Å²) in [5.74, 6) is 0.931. The Labute approximate surface area is 62.4 Å². The molecule has 0 spiro atoms. The van der Waals surface area contributed by atoms with Crippen molar-refractivity contribution in [2.75, 3.05) is 13.6 Å². The van der Waals surface area contributed by atoms with Gasteiger partial charge in [-0.3, -0.25) is 0 Å². The number of hydrazone groups is 1.